The second kappa shape index (κ2) is 7.71. The Morgan fingerprint density at radius 2 is 1.78 bits per heavy atom. The molecule has 0 unspecified atom stereocenters. The van der Waals surface area contributed by atoms with Crippen molar-refractivity contribution in [3.05, 3.63) is 48.6 Å². The van der Waals surface area contributed by atoms with Crippen molar-refractivity contribution in [3.8, 4) is 0 Å². The molecule has 1 aromatic carbocycles. The van der Waals surface area contributed by atoms with Crippen LogP contribution in [0.4, 0.5) is 4.79 Å². The number of carbonyl (C=O) groups excluding carboxylic acids is 4. The Morgan fingerprint density at radius 3 is 2.41 bits per heavy atom. The Labute approximate surface area is 157 Å². The van der Waals surface area contributed by atoms with E-state index < -0.39 is 24.4 Å². The largest absolute Gasteiger partial charge is 0.340 e. The molecule has 2 aliphatic heterocycles. The molecule has 0 spiro atoms. The molecule has 142 valence electrons. The zero-order chi connectivity index (χ0) is 19.6. The molecule has 2 aliphatic rings. The summed E-state index contributed by atoms with van der Waals surface area (Å²) in [6.45, 7) is 4.29. The Bertz CT molecular complexity index is 779. The fraction of sp³-hybridized carbons (Fsp3) is 0.368. The Hall–Kier alpha value is -3.00. The number of benzene rings is 1. The van der Waals surface area contributed by atoms with Crippen LogP contribution in [0.3, 0.4) is 0 Å². The molecule has 5 amide bonds. The van der Waals surface area contributed by atoms with Crippen LogP contribution in [0.25, 0.3) is 0 Å². The van der Waals surface area contributed by atoms with Crippen LogP contribution >= 0.6 is 0 Å². The SMILES string of the molecule is C=CCN1C(=O)C(=O)N(CC(=O)N2C[C@@H](CN)[C@H](c3ccccc3)C2)C1=O. The van der Waals surface area contributed by atoms with Crippen molar-refractivity contribution < 1.29 is 19.2 Å². The van der Waals surface area contributed by atoms with Crippen molar-refractivity contribution in [1.82, 2.24) is 14.7 Å². The van der Waals surface area contributed by atoms with E-state index in [0.717, 1.165) is 10.5 Å². The minimum absolute atomic E-state index is 0.0663. The number of hydrogen-bond acceptors (Lipinski definition) is 5. The average molecular weight is 370 g/mol. The predicted molar refractivity (Wildman–Crippen MR) is 97.3 cm³/mol. The predicted octanol–water partition coefficient (Wildman–Crippen LogP) is 0.164. The molecule has 2 atom stereocenters. The molecule has 0 saturated carbocycles. The number of nitrogens with two attached hydrogens (primary N) is 1. The number of imide groups is 2. The Balaban J connectivity index is 1.70. The highest BCUT2D eigenvalue weighted by Gasteiger charge is 2.45. The van der Waals surface area contributed by atoms with Crippen LogP contribution in [0.5, 0.6) is 0 Å². The first-order valence-corrected chi connectivity index (χ1v) is 8.79. The molecule has 2 heterocycles. The highest BCUT2D eigenvalue weighted by atomic mass is 16.2. The standard InChI is InChI=1S/C19H22N4O4/c1-2-8-22-17(25)18(26)23(19(22)27)12-16(24)21-10-14(9-20)15(11-21)13-6-4-3-5-7-13/h2-7,14-15H,1,8-12,20H2/t14-,15+/m1/s1. The summed E-state index contributed by atoms with van der Waals surface area (Å²) in [5, 5.41) is 0. The first-order valence-electron chi connectivity index (χ1n) is 8.79. The molecule has 8 heteroatoms. The number of urea groups is 1. The van der Waals surface area contributed by atoms with Crippen LogP contribution < -0.4 is 5.73 Å². The summed E-state index contributed by atoms with van der Waals surface area (Å²) in [4.78, 5) is 51.9. The first kappa shape index (κ1) is 18.8. The minimum Gasteiger partial charge on any atom is -0.340 e. The van der Waals surface area contributed by atoms with Gasteiger partial charge >= 0.3 is 17.8 Å². The maximum absolute atomic E-state index is 12.7. The number of nitrogens with zero attached hydrogens (tertiary/aromatic N) is 3. The maximum atomic E-state index is 12.7. The Kier molecular flexibility index (Phi) is 5.36. The van der Waals surface area contributed by atoms with Gasteiger partial charge in [-0.15, -0.1) is 6.58 Å². The first-order chi connectivity index (χ1) is 13.0. The lowest BCUT2D eigenvalue weighted by Gasteiger charge is -2.20. The van der Waals surface area contributed by atoms with E-state index >= 15 is 0 Å². The van der Waals surface area contributed by atoms with Crippen molar-refractivity contribution in [1.29, 1.82) is 0 Å². The van der Waals surface area contributed by atoms with Crippen LogP contribution in [-0.4, -0.2) is 71.2 Å². The molecule has 2 saturated heterocycles. The molecular formula is C19H22N4O4. The van der Waals surface area contributed by atoms with Crippen molar-refractivity contribution >= 4 is 23.8 Å². The maximum Gasteiger partial charge on any atom is 0.335 e. The normalized spacial score (nSPS) is 22.7. The second-order valence-electron chi connectivity index (χ2n) is 6.69. The molecule has 0 radical (unpaired) electrons. The van der Waals surface area contributed by atoms with Crippen molar-refractivity contribution in [2.75, 3.05) is 32.7 Å². The van der Waals surface area contributed by atoms with Crippen molar-refractivity contribution in [3.63, 3.8) is 0 Å². The summed E-state index contributed by atoms with van der Waals surface area (Å²) < 4.78 is 0. The minimum atomic E-state index is -0.982. The van der Waals surface area contributed by atoms with E-state index in [-0.39, 0.29) is 24.3 Å². The number of carbonyl (C=O) groups is 4. The van der Waals surface area contributed by atoms with Gasteiger partial charge in [-0.05, 0) is 18.0 Å². The fourth-order valence-electron chi connectivity index (χ4n) is 3.61. The highest BCUT2D eigenvalue weighted by Crippen LogP contribution is 2.32. The lowest BCUT2D eigenvalue weighted by Crippen LogP contribution is -2.43. The zero-order valence-corrected chi connectivity index (χ0v) is 14.9. The monoisotopic (exact) mass is 370 g/mol. The van der Waals surface area contributed by atoms with Gasteiger partial charge in [-0.25, -0.2) is 9.69 Å². The third-order valence-electron chi connectivity index (χ3n) is 5.06. The molecule has 8 nitrogen and oxygen atoms in total. The topological polar surface area (TPSA) is 104 Å². The highest BCUT2D eigenvalue weighted by molar-refractivity contribution is 6.45. The lowest BCUT2D eigenvalue weighted by molar-refractivity contribution is -0.144. The third kappa shape index (κ3) is 3.48. The van der Waals surface area contributed by atoms with E-state index in [4.69, 9.17) is 5.73 Å². The van der Waals surface area contributed by atoms with E-state index in [1.54, 1.807) is 4.90 Å². The summed E-state index contributed by atoms with van der Waals surface area (Å²) in [6.07, 6.45) is 1.35. The van der Waals surface area contributed by atoms with Gasteiger partial charge in [0.05, 0.1) is 0 Å². The summed E-state index contributed by atoms with van der Waals surface area (Å²) in [5.41, 5.74) is 6.98. The fourth-order valence-corrected chi connectivity index (χ4v) is 3.61. The molecule has 2 N–H and O–H groups in total. The van der Waals surface area contributed by atoms with Gasteiger partial charge < -0.3 is 10.6 Å². The van der Waals surface area contributed by atoms with Gasteiger partial charge in [0.1, 0.15) is 6.54 Å². The molecule has 3 rings (SSSR count). The number of likely N-dealkylation sites (tertiary alicyclic amines) is 1. The quantitative estimate of drug-likeness (QED) is 0.437. The molecule has 1 aromatic rings. The molecule has 27 heavy (non-hydrogen) atoms. The molecular weight excluding hydrogens is 348 g/mol. The average Bonchev–Trinajstić information content (AvgIpc) is 3.20. The van der Waals surface area contributed by atoms with Crippen LogP contribution in [0.2, 0.25) is 0 Å². The van der Waals surface area contributed by atoms with E-state index in [2.05, 4.69) is 6.58 Å². The zero-order valence-electron chi connectivity index (χ0n) is 14.9. The number of rotatable bonds is 6. The van der Waals surface area contributed by atoms with E-state index in [0.29, 0.717) is 24.5 Å². The van der Waals surface area contributed by atoms with E-state index in [1.807, 2.05) is 30.3 Å². The summed E-state index contributed by atoms with van der Waals surface area (Å²) in [7, 11) is 0. The molecule has 2 fully saturated rings. The van der Waals surface area contributed by atoms with Gasteiger partial charge in [0, 0.05) is 25.6 Å². The summed E-state index contributed by atoms with van der Waals surface area (Å²) in [6, 6.07) is 9.02. The van der Waals surface area contributed by atoms with E-state index in [9.17, 15) is 19.2 Å². The van der Waals surface area contributed by atoms with Gasteiger partial charge in [-0.1, -0.05) is 36.4 Å². The smallest absolute Gasteiger partial charge is 0.335 e. The van der Waals surface area contributed by atoms with Crippen molar-refractivity contribution in [2.45, 2.75) is 5.92 Å². The van der Waals surface area contributed by atoms with Gasteiger partial charge in [0.2, 0.25) is 5.91 Å². The van der Waals surface area contributed by atoms with E-state index in [1.165, 1.54) is 6.08 Å². The molecule has 0 aromatic heterocycles. The van der Waals surface area contributed by atoms with Crippen LogP contribution in [0.15, 0.2) is 43.0 Å². The number of amides is 5. The summed E-state index contributed by atoms with van der Waals surface area (Å²) >= 11 is 0. The summed E-state index contributed by atoms with van der Waals surface area (Å²) in [5.74, 6) is -2.09. The van der Waals surface area contributed by atoms with Crippen LogP contribution in [0, 0.1) is 5.92 Å². The molecule has 0 aliphatic carbocycles. The van der Waals surface area contributed by atoms with Gasteiger partial charge in [-0.3, -0.25) is 19.3 Å². The third-order valence-corrected chi connectivity index (χ3v) is 5.06. The number of hydrogen-bond donors (Lipinski definition) is 1. The van der Waals surface area contributed by atoms with Gasteiger partial charge in [-0.2, -0.15) is 0 Å². The lowest BCUT2D eigenvalue weighted by atomic mass is 9.89. The second-order valence-corrected chi connectivity index (χ2v) is 6.69. The molecule has 0 bridgehead atoms. The van der Waals surface area contributed by atoms with Crippen molar-refractivity contribution in [2.24, 2.45) is 11.7 Å². The van der Waals surface area contributed by atoms with Crippen LogP contribution in [0.1, 0.15) is 11.5 Å². The van der Waals surface area contributed by atoms with Gasteiger partial charge in [0.25, 0.3) is 0 Å². The Morgan fingerprint density at radius 1 is 1.11 bits per heavy atom. The van der Waals surface area contributed by atoms with Gasteiger partial charge in [0.15, 0.2) is 0 Å². The van der Waals surface area contributed by atoms with Crippen LogP contribution in [-0.2, 0) is 14.4 Å².